The lowest BCUT2D eigenvalue weighted by atomic mass is 10.2. The zero-order valence-corrected chi connectivity index (χ0v) is 14.0. The molecule has 0 saturated carbocycles. The Kier molecular flexibility index (Phi) is 4.75. The maximum Gasteiger partial charge on any atom is 0.259 e. The minimum Gasteiger partial charge on any atom is -0.401 e. The quantitative estimate of drug-likeness (QED) is 0.826. The van der Waals surface area contributed by atoms with Gasteiger partial charge in [-0.05, 0) is 31.9 Å². The van der Waals surface area contributed by atoms with Crippen molar-refractivity contribution in [3.05, 3.63) is 34.2 Å². The van der Waals surface area contributed by atoms with Crippen LogP contribution in [0.2, 0.25) is 0 Å². The van der Waals surface area contributed by atoms with Crippen LogP contribution in [0.5, 0.6) is 0 Å². The van der Waals surface area contributed by atoms with Crippen LogP contribution in [0.4, 0.5) is 10.2 Å². The van der Waals surface area contributed by atoms with E-state index < -0.39 is 5.95 Å². The SMILES string of the molecule is CC(SC1=C(N)CCNC1=O)c1ccc(N2CCCC2)nc1F. The summed E-state index contributed by atoms with van der Waals surface area (Å²) in [6, 6.07) is 3.63. The number of halogens is 1. The molecular weight excluding hydrogens is 315 g/mol. The van der Waals surface area contributed by atoms with Crippen LogP contribution in [0.25, 0.3) is 0 Å². The lowest BCUT2D eigenvalue weighted by Gasteiger charge is -2.21. The Morgan fingerprint density at radius 3 is 2.78 bits per heavy atom. The maximum atomic E-state index is 14.4. The molecule has 1 amide bonds. The highest BCUT2D eigenvalue weighted by atomic mass is 32.2. The summed E-state index contributed by atoms with van der Waals surface area (Å²) in [5.74, 6) is 0.0486. The third-order valence-electron chi connectivity index (χ3n) is 4.20. The largest absolute Gasteiger partial charge is 0.401 e. The molecule has 1 fully saturated rings. The molecule has 1 aromatic heterocycles. The number of carbonyl (C=O) groups excluding carboxylic acids is 1. The van der Waals surface area contributed by atoms with Gasteiger partial charge in [0.25, 0.3) is 5.91 Å². The molecule has 3 heterocycles. The van der Waals surface area contributed by atoms with Gasteiger partial charge in [-0.15, -0.1) is 11.8 Å². The molecule has 0 bridgehead atoms. The van der Waals surface area contributed by atoms with Gasteiger partial charge in [-0.3, -0.25) is 4.79 Å². The van der Waals surface area contributed by atoms with Gasteiger partial charge < -0.3 is 16.0 Å². The van der Waals surface area contributed by atoms with Crippen molar-refractivity contribution in [2.24, 2.45) is 5.73 Å². The smallest absolute Gasteiger partial charge is 0.259 e. The van der Waals surface area contributed by atoms with E-state index in [0.717, 1.165) is 25.9 Å². The van der Waals surface area contributed by atoms with Crippen molar-refractivity contribution in [2.75, 3.05) is 24.5 Å². The number of anilines is 1. The van der Waals surface area contributed by atoms with Crippen molar-refractivity contribution in [3.63, 3.8) is 0 Å². The van der Waals surface area contributed by atoms with E-state index in [1.165, 1.54) is 11.8 Å². The number of pyridine rings is 1. The average molecular weight is 336 g/mol. The summed E-state index contributed by atoms with van der Waals surface area (Å²) < 4.78 is 14.4. The number of hydrogen-bond acceptors (Lipinski definition) is 5. The monoisotopic (exact) mass is 336 g/mol. The fourth-order valence-electron chi connectivity index (χ4n) is 2.88. The fourth-order valence-corrected chi connectivity index (χ4v) is 3.97. The molecule has 3 N–H and O–H groups in total. The molecule has 2 aliphatic rings. The number of hydrogen-bond donors (Lipinski definition) is 2. The molecule has 1 unspecified atom stereocenters. The van der Waals surface area contributed by atoms with Gasteiger partial charge in [0.2, 0.25) is 5.95 Å². The van der Waals surface area contributed by atoms with E-state index in [0.29, 0.717) is 34.9 Å². The first kappa shape index (κ1) is 16.1. The number of nitrogens with two attached hydrogens (primary N) is 1. The summed E-state index contributed by atoms with van der Waals surface area (Å²) in [6.07, 6.45) is 2.88. The lowest BCUT2D eigenvalue weighted by Crippen LogP contribution is -2.32. The fraction of sp³-hybridized carbons (Fsp3) is 0.500. The van der Waals surface area contributed by atoms with E-state index in [1.54, 1.807) is 6.07 Å². The van der Waals surface area contributed by atoms with E-state index in [1.807, 2.05) is 13.0 Å². The van der Waals surface area contributed by atoms with Crippen LogP contribution in [-0.4, -0.2) is 30.5 Å². The van der Waals surface area contributed by atoms with Crippen molar-refractivity contribution in [3.8, 4) is 0 Å². The first-order valence-electron chi connectivity index (χ1n) is 7.91. The Labute approximate surface area is 139 Å². The summed E-state index contributed by atoms with van der Waals surface area (Å²) in [7, 11) is 0. The zero-order valence-electron chi connectivity index (χ0n) is 13.1. The molecule has 1 aromatic rings. The molecule has 1 saturated heterocycles. The predicted molar refractivity (Wildman–Crippen MR) is 90.5 cm³/mol. The minimum atomic E-state index is -0.468. The standard InChI is InChI=1S/C16H21FN4OS/c1-10(23-14-12(18)6-7-19-16(14)22)11-4-5-13(20-15(11)17)21-8-2-3-9-21/h4-5,10H,2-3,6-9,18H2,1H3,(H,19,22). The molecule has 5 nitrogen and oxygen atoms in total. The number of aromatic nitrogens is 1. The molecule has 0 radical (unpaired) electrons. The van der Waals surface area contributed by atoms with Gasteiger partial charge in [-0.2, -0.15) is 4.39 Å². The number of rotatable bonds is 4. The van der Waals surface area contributed by atoms with Crippen molar-refractivity contribution < 1.29 is 9.18 Å². The normalized spacial score (nSPS) is 19.9. The highest BCUT2D eigenvalue weighted by Gasteiger charge is 2.24. The van der Waals surface area contributed by atoms with Gasteiger partial charge in [0.1, 0.15) is 5.82 Å². The van der Waals surface area contributed by atoms with E-state index >= 15 is 0 Å². The van der Waals surface area contributed by atoms with E-state index in [2.05, 4.69) is 15.2 Å². The van der Waals surface area contributed by atoms with Crippen LogP contribution in [0.15, 0.2) is 22.7 Å². The number of carbonyl (C=O) groups is 1. The van der Waals surface area contributed by atoms with Gasteiger partial charge in [0, 0.05) is 42.6 Å². The Bertz CT molecular complexity index is 643. The summed E-state index contributed by atoms with van der Waals surface area (Å²) >= 11 is 1.29. The highest BCUT2D eigenvalue weighted by molar-refractivity contribution is 8.04. The molecule has 7 heteroatoms. The Balaban J connectivity index is 1.77. The summed E-state index contributed by atoms with van der Waals surface area (Å²) in [5.41, 5.74) is 7.00. The highest BCUT2D eigenvalue weighted by Crippen LogP contribution is 2.37. The van der Waals surface area contributed by atoms with Gasteiger partial charge >= 0.3 is 0 Å². The zero-order chi connectivity index (χ0) is 16.4. The molecule has 23 heavy (non-hydrogen) atoms. The second-order valence-corrected chi connectivity index (χ2v) is 7.22. The van der Waals surface area contributed by atoms with Crippen LogP contribution in [0.1, 0.15) is 37.0 Å². The summed E-state index contributed by atoms with van der Waals surface area (Å²) in [5, 5.41) is 2.54. The summed E-state index contributed by atoms with van der Waals surface area (Å²) in [4.78, 5) is 18.6. The summed E-state index contributed by atoms with van der Waals surface area (Å²) in [6.45, 7) is 4.28. The molecule has 0 spiro atoms. The van der Waals surface area contributed by atoms with E-state index in [4.69, 9.17) is 5.73 Å². The van der Waals surface area contributed by atoms with Crippen LogP contribution in [0, 0.1) is 5.95 Å². The number of thioether (sulfide) groups is 1. The van der Waals surface area contributed by atoms with Gasteiger partial charge in [-0.25, -0.2) is 4.98 Å². The lowest BCUT2D eigenvalue weighted by molar-refractivity contribution is -0.117. The van der Waals surface area contributed by atoms with Crippen molar-refractivity contribution >= 4 is 23.5 Å². The topological polar surface area (TPSA) is 71.2 Å². The van der Waals surface area contributed by atoms with Crippen LogP contribution in [-0.2, 0) is 4.79 Å². The second-order valence-electron chi connectivity index (χ2n) is 5.86. The van der Waals surface area contributed by atoms with Crippen molar-refractivity contribution in [2.45, 2.75) is 31.4 Å². The molecule has 0 aromatic carbocycles. The second kappa shape index (κ2) is 6.78. The minimum absolute atomic E-state index is 0.173. The molecule has 0 aliphatic carbocycles. The van der Waals surface area contributed by atoms with E-state index in [-0.39, 0.29) is 11.2 Å². The van der Waals surface area contributed by atoms with Crippen LogP contribution in [0.3, 0.4) is 0 Å². The Morgan fingerprint density at radius 2 is 2.13 bits per heavy atom. The molecular formula is C16H21FN4OS. The molecule has 1 atom stereocenters. The predicted octanol–water partition coefficient (Wildman–Crippen LogP) is 2.31. The van der Waals surface area contributed by atoms with Crippen LogP contribution < -0.4 is 16.0 Å². The molecule has 2 aliphatic heterocycles. The number of amides is 1. The van der Waals surface area contributed by atoms with Gasteiger partial charge in [0.15, 0.2) is 0 Å². The Hall–Kier alpha value is -1.76. The Morgan fingerprint density at radius 1 is 1.39 bits per heavy atom. The van der Waals surface area contributed by atoms with Gasteiger partial charge in [-0.1, -0.05) is 0 Å². The average Bonchev–Trinajstić information content (AvgIpc) is 3.05. The number of nitrogens with zero attached hydrogens (tertiary/aromatic N) is 2. The first-order chi connectivity index (χ1) is 11.1. The number of nitrogens with one attached hydrogen (secondary N) is 1. The third kappa shape index (κ3) is 3.44. The third-order valence-corrected chi connectivity index (χ3v) is 5.49. The molecule has 3 rings (SSSR count). The van der Waals surface area contributed by atoms with Crippen LogP contribution >= 0.6 is 11.8 Å². The maximum absolute atomic E-state index is 14.4. The van der Waals surface area contributed by atoms with E-state index in [9.17, 15) is 9.18 Å². The molecule has 124 valence electrons. The first-order valence-corrected chi connectivity index (χ1v) is 8.79. The van der Waals surface area contributed by atoms with Gasteiger partial charge in [0.05, 0.1) is 4.91 Å². The van der Waals surface area contributed by atoms with Crippen molar-refractivity contribution in [1.82, 2.24) is 10.3 Å². The van der Waals surface area contributed by atoms with Crippen molar-refractivity contribution in [1.29, 1.82) is 0 Å².